The largest absolute Gasteiger partial charge is 0.392 e. The summed E-state index contributed by atoms with van der Waals surface area (Å²) in [4.78, 5) is 13.3. The molecule has 0 heterocycles. The van der Waals surface area contributed by atoms with Crippen molar-refractivity contribution in [3.63, 3.8) is 0 Å². The molecule has 0 bridgehead atoms. The van der Waals surface area contributed by atoms with Gasteiger partial charge in [-0.2, -0.15) is 0 Å². The zero-order chi connectivity index (χ0) is 26.4. The van der Waals surface area contributed by atoms with E-state index in [0.717, 1.165) is 0 Å². The number of ketones is 1. The van der Waals surface area contributed by atoms with Crippen molar-refractivity contribution in [2.75, 3.05) is 0 Å². The molecule has 0 aromatic rings. The Morgan fingerprint density at radius 1 is 1.06 bits per heavy atom. The van der Waals surface area contributed by atoms with E-state index in [1.807, 2.05) is 13.8 Å². The first kappa shape index (κ1) is 27.2. The highest BCUT2D eigenvalue weighted by Gasteiger charge is 2.71. The molecule has 0 aromatic carbocycles. The van der Waals surface area contributed by atoms with Gasteiger partial charge in [-0.1, -0.05) is 13.8 Å². The topological polar surface area (TPSA) is 159 Å². The minimum atomic E-state index is -1.59. The van der Waals surface area contributed by atoms with Crippen molar-refractivity contribution in [3.05, 3.63) is 11.6 Å². The van der Waals surface area contributed by atoms with Gasteiger partial charge in [0.25, 0.3) is 0 Å². The lowest BCUT2D eigenvalue weighted by atomic mass is 9.45. The summed E-state index contributed by atoms with van der Waals surface area (Å²) in [6, 6.07) is 0. The van der Waals surface area contributed by atoms with Crippen molar-refractivity contribution in [1.29, 1.82) is 0 Å². The van der Waals surface area contributed by atoms with Crippen LogP contribution >= 0.6 is 0 Å². The molecule has 8 heteroatoms. The first-order valence-electron chi connectivity index (χ1n) is 13.0. The van der Waals surface area contributed by atoms with Crippen molar-refractivity contribution >= 4 is 5.78 Å². The molecule has 4 aliphatic rings. The normalized spacial score (nSPS) is 48.3. The van der Waals surface area contributed by atoms with Crippen LogP contribution in [0.1, 0.15) is 79.6 Å². The maximum atomic E-state index is 13.3. The van der Waals surface area contributed by atoms with E-state index < -0.39 is 69.8 Å². The number of allylic oxidation sites excluding steroid dienone is 1. The Bertz CT molecular complexity index is 892. The highest BCUT2D eigenvalue weighted by molar-refractivity contribution is 5.95. The smallest absolute Gasteiger partial charge is 0.159 e. The number of aliphatic hydroxyl groups is 7. The van der Waals surface area contributed by atoms with Crippen molar-refractivity contribution in [3.8, 4) is 0 Å². The lowest BCUT2D eigenvalue weighted by Crippen LogP contribution is -2.66. The molecule has 35 heavy (non-hydrogen) atoms. The summed E-state index contributed by atoms with van der Waals surface area (Å²) in [6.45, 7) is 8.52. The average Bonchev–Trinajstić information content (AvgIpc) is 2.99. The van der Waals surface area contributed by atoms with Crippen LogP contribution in [0.5, 0.6) is 0 Å². The molecule has 8 nitrogen and oxygen atoms in total. The van der Waals surface area contributed by atoms with Crippen LogP contribution in [0.15, 0.2) is 11.6 Å². The second-order valence-electron chi connectivity index (χ2n) is 13.3. The van der Waals surface area contributed by atoms with Gasteiger partial charge in [0.2, 0.25) is 0 Å². The summed E-state index contributed by atoms with van der Waals surface area (Å²) in [5.74, 6) is -1.89. The van der Waals surface area contributed by atoms with Crippen LogP contribution in [0.25, 0.3) is 0 Å². The molecule has 0 radical (unpaired) electrons. The highest BCUT2D eigenvalue weighted by atomic mass is 16.3. The van der Waals surface area contributed by atoms with Crippen LogP contribution in [0, 0.1) is 28.6 Å². The Hall–Kier alpha value is -0.870. The van der Waals surface area contributed by atoms with Gasteiger partial charge in [0, 0.05) is 17.3 Å². The molecule has 200 valence electrons. The monoisotopic (exact) mass is 496 g/mol. The Balaban J connectivity index is 1.71. The molecule has 3 saturated carbocycles. The van der Waals surface area contributed by atoms with Crippen LogP contribution < -0.4 is 0 Å². The van der Waals surface area contributed by atoms with E-state index in [1.54, 1.807) is 20.8 Å². The molecule has 0 spiro atoms. The van der Waals surface area contributed by atoms with Gasteiger partial charge < -0.3 is 35.7 Å². The Kier molecular flexibility index (Phi) is 6.46. The average molecular weight is 497 g/mol. The Morgan fingerprint density at radius 3 is 2.29 bits per heavy atom. The minimum Gasteiger partial charge on any atom is -0.392 e. The summed E-state index contributed by atoms with van der Waals surface area (Å²) < 4.78 is 0. The lowest BCUT2D eigenvalue weighted by Gasteiger charge is -2.62. The summed E-state index contributed by atoms with van der Waals surface area (Å²) in [7, 11) is 0. The predicted octanol–water partition coefficient (Wildman–Crippen LogP) is 0.825. The lowest BCUT2D eigenvalue weighted by molar-refractivity contribution is -0.197. The molecular weight excluding hydrogens is 452 g/mol. The van der Waals surface area contributed by atoms with Crippen molar-refractivity contribution < 1.29 is 40.5 Å². The van der Waals surface area contributed by atoms with Gasteiger partial charge in [-0.3, -0.25) is 4.79 Å². The fraction of sp³-hybridized carbons (Fsp3) is 0.889. The maximum Gasteiger partial charge on any atom is 0.159 e. The third-order valence-electron chi connectivity index (χ3n) is 10.5. The molecule has 0 unspecified atom stereocenters. The van der Waals surface area contributed by atoms with Gasteiger partial charge in [0.05, 0.1) is 41.2 Å². The van der Waals surface area contributed by atoms with Gasteiger partial charge in [-0.05, 0) is 88.7 Å². The van der Waals surface area contributed by atoms with Gasteiger partial charge in [0.15, 0.2) is 5.78 Å². The SMILES string of the molecule is CC(C)(O)CC[C@H](O)[C@@](C)(O)[C@@H]1CC[C@]2(O)C3=CC(=O)[C@H]4C[C@H](O)[C@H](O)C[C@@]4(C)[C@@H]3[C@@H](O)C[C@@]12C. The van der Waals surface area contributed by atoms with Crippen LogP contribution in [0.2, 0.25) is 0 Å². The molecular formula is C27H44O8. The maximum absolute atomic E-state index is 13.3. The number of aliphatic hydroxyl groups excluding tert-OH is 4. The van der Waals surface area contributed by atoms with Crippen LogP contribution in [-0.4, -0.2) is 82.7 Å². The van der Waals surface area contributed by atoms with Crippen LogP contribution in [0.3, 0.4) is 0 Å². The standard InChI is InChI=1S/C27H44O8/c1-23(2,33)8-7-21(32)26(5,34)20-6-9-27(35)15-11-16(28)14-10-17(29)18(30)12-24(14,3)22(15)19(31)13-25(20,27)4/h11,14,17-22,29-35H,6-10,12-13H2,1-5H3/t14-,17+,18-,19+,20-,21+,22+,24-,25+,26+,27+/m1/s1. The van der Waals surface area contributed by atoms with Gasteiger partial charge >= 0.3 is 0 Å². The van der Waals surface area contributed by atoms with E-state index in [2.05, 4.69) is 0 Å². The van der Waals surface area contributed by atoms with Crippen molar-refractivity contribution in [2.45, 2.75) is 121 Å². The second-order valence-corrected chi connectivity index (χ2v) is 13.3. The van der Waals surface area contributed by atoms with E-state index in [9.17, 15) is 40.5 Å². The van der Waals surface area contributed by atoms with Crippen LogP contribution in [-0.2, 0) is 4.79 Å². The third kappa shape index (κ3) is 3.95. The van der Waals surface area contributed by atoms with E-state index in [-0.39, 0.29) is 44.3 Å². The number of fused-ring (bicyclic) bond motifs is 5. The molecule has 4 rings (SSSR count). The molecule has 3 fully saturated rings. The highest BCUT2D eigenvalue weighted by Crippen LogP contribution is 2.68. The van der Waals surface area contributed by atoms with Gasteiger partial charge in [0.1, 0.15) is 0 Å². The van der Waals surface area contributed by atoms with Crippen LogP contribution in [0.4, 0.5) is 0 Å². The quantitative estimate of drug-likeness (QED) is 0.295. The fourth-order valence-electron chi connectivity index (χ4n) is 8.44. The number of carbonyl (C=O) groups excluding carboxylic acids is 1. The van der Waals surface area contributed by atoms with Gasteiger partial charge in [-0.25, -0.2) is 0 Å². The van der Waals surface area contributed by atoms with E-state index in [1.165, 1.54) is 6.08 Å². The second kappa shape index (κ2) is 8.32. The Labute approximate surface area is 207 Å². The predicted molar refractivity (Wildman–Crippen MR) is 128 cm³/mol. The van der Waals surface area contributed by atoms with E-state index >= 15 is 0 Å². The first-order chi connectivity index (χ1) is 15.9. The van der Waals surface area contributed by atoms with Gasteiger partial charge in [-0.15, -0.1) is 0 Å². The third-order valence-corrected chi connectivity index (χ3v) is 10.5. The van der Waals surface area contributed by atoms with Crippen molar-refractivity contribution in [2.24, 2.45) is 28.6 Å². The fourth-order valence-corrected chi connectivity index (χ4v) is 8.44. The number of carbonyl (C=O) groups is 1. The number of rotatable bonds is 5. The minimum absolute atomic E-state index is 0.115. The molecule has 0 saturated heterocycles. The summed E-state index contributed by atoms with van der Waals surface area (Å²) in [6.07, 6.45) is -1.08. The van der Waals surface area contributed by atoms with E-state index in [0.29, 0.717) is 12.0 Å². The zero-order valence-corrected chi connectivity index (χ0v) is 21.6. The molecule has 7 N–H and O–H groups in total. The summed E-state index contributed by atoms with van der Waals surface area (Å²) >= 11 is 0. The molecule has 0 aromatic heterocycles. The first-order valence-corrected chi connectivity index (χ1v) is 13.0. The van der Waals surface area contributed by atoms with E-state index in [4.69, 9.17) is 0 Å². The molecule has 0 aliphatic heterocycles. The summed E-state index contributed by atoms with van der Waals surface area (Å²) in [5.41, 5.74) is -5.42. The number of hydrogen-bond donors (Lipinski definition) is 7. The summed E-state index contributed by atoms with van der Waals surface area (Å²) in [5, 5.41) is 77.0. The Morgan fingerprint density at radius 2 is 1.69 bits per heavy atom. The molecule has 4 aliphatic carbocycles. The molecule has 11 atom stereocenters. The zero-order valence-electron chi connectivity index (χ0n) is 21.6. The van der Waals surface area contributed by atoms with Crippen molar-refractivity contribution in [1.82, 2.24) is 0 Å². The molecule has 0 amide bonds. The number of hydrogen-bond acceptors (Lipinski definition) is 8.